The minimum atomic E-state index is -0.747. The molecule has 0 spiro atoms. The summed E-state index contributed by atoms with van der Waals surface area (Å²) in [5.41, 5.74) is 8.66. The van der Waals surface area contributed by atoms with Gasteiger partial charge in [-0.1, -0.05) is 17.3 Å². The first-order valence-electron chi connectivity index (χ1n) is 9.54. The summed E-state index contributed by atoms with van der Waals surface area (Å²) < 4.78 is 16.6. The van der Waals surface area contributed by atoms with E-state index in [0.717, 1.165) is 6.21 Å². The van der Waals surface area contributed by atoms with E-state index < -0.39 is 10.8 Å². The van der Waals surface area contributed by atoms with E-state index in [9.17, 15) is 14.9 Å². The third-order valence-corrected chi connectivity index (χ3v) is 4.73. The van der Waals surface area contributed by atoms with Crippen molar-refractivity contribution in [3.63, 3.8) is 0 Å². The summed E-state index contributed by atoms with van der Waals surface area (Å²) in [6.07, 6.45) is 1.15. The van der Waals surface area contributed by atoms with Gasteiger partial charge in [-0.2, -0.15) is 9.78 Å². The molecule has 0 atom stereocenters. The van der Waals surface area contributed by atoms with Gasteiger partial charge >= 0.3 is 0 Å². The summed E-state index contributed by atoms with van der Waals surface area (Å²) >= 11 is 0. The third-order valence-electron chi connectivity index (χ3n) is 4.73. The average Bonchev–Trinajstić information content (AvgIpc) is 3.57. The van der Waals surface area contributed by atoms with Crippen molar-refractivity contribution in [2.45, 2.75) is 0 Å². The summed E-state index contributed by atoms with van der Waals surface area (Å²) in [6.45, 7) is 0.0597. The Balaban J connectivity index is 1.51. The van der Waals surface area contributed by atoms with Crippen LogP contribution >= 0.6 is 0 Å². The molecule has 1 aliphatic heterocycles. The van der Waals surface area contributed by atoms with E-state index in [2.05, 4.69) is 35.8 Å². The second-order valence-electron chi connectivity index (χ2n) is 6.75. The number of amides is 1. The minimum Gasteiger partial charge on any atom is -0.454 e. The number of nitro benzene ring substituents is 1. The number of nitrogens with two attached hydrogens (primary N) is 1. The highest BCUT2D eigenvalue weighted by Crippen LogP contribution is 2.37. The first kappa shape index (κ1) is 20.6. The number of carbonyl (C=O) groups excluding carboxylic acids is 1. The number of nitrogens with one attached hydrogen (secondary N) is 1. The zero-order chi connectivity index (χ0) is 23.7. The van der Waals surface area contributed by atoms with Crippen LogP contribution in [0.5, 0.6) is 11.5 Å². The fraction of sp³-hybridized carbons (Fsp3) is 0.0526. The monoisotopic (exact) mass is 463 g/mol. The number of hydrogen-bond donors (Lipinski definition) is 2. The van der Waals surface area contributed by atoms with Crippen LogP contribution in [-0.2, 0) is 0 Å². The van der Waals surface area contributed by atoms with Crippen LogP contribution < -0.4 is 20.6 Å². The Bertz CT molecular complexity index is 1440. The summed E-state index contributed by atoms with van der Waals surface area (Å²) in [6, 6.07) is 10.9. The molecule has 2 aromatic carbocycles. The molecule has 0 radical (unpaired) electrons. The van der Waals surface area contributed by atoms with Crippen molar-refractivity contribution >= 4 is 23.6 Å². The third kappa shape index (κ3) is 3.62. The van der Waals surface area contributed by atoms with Crippen LogP contribution in [0.25, 0.3) is 17.1 Å². The fourth-order valence-electron chi connectivity index (χ4n) is 3.20. The van der Waals surface area contributed by atoms with Crippen LogP contribution in [0.2, 0.25) is 0 Å². The average molecular weight is 463 g/mol. The molecule has 0 saturated carbocycles. The van der Waals surface area contributed by atoms with E-state index in [1.54, 1.807) is 24.3 Å². The van der Waals surface area contributed by atoms with Crippen LogP contribution in [0, 0.1) is 10.1 Å². The van der Waals surface area contributed by atoms with Crippen molar-refractivity contribution in [1.29, 1.82) is 0 Å². The van der Waals surface area contributed by atoms with Crippen molar-refractivity contribution in [2.24, 2.45) is 5.10 Å². The zero-order valence-corrected chi connectivity index (χ0v) is 17.0. The first-order chi connectivity index (χ1) is 16.5. The van der Waals surface area contributed by atoms with Crippen molar-refractivity contribution in [3.05, 3.63) is 63.8 Å². The second kappa shape index (κ2) is 8.30. The fourth-order valence-corrected chi connectivity index (χ4v) is 3.20. The van der Waals surface area contributed by atoms with Crippen LogP contribution in [-0.4, -0.2) is 49.1 Å². The van der Waals surface area contributed by atoms with Gasteiger partial charge in [0.1, 0.15) is 5.69 Å². The topological polar surface area (TPSA) is 199 Å². The van der Waals surface area contributed by atoms with Gasteiger partial charge in [-0.25, -0.2) is 10.1 Å². The molecule has 3 N–H and O–H groups in total. The lowest BCUT2D eigenvalue weighted by Gasteiger charge is -2.07. The number of nitrogen functional groups attached to an aromatic ring is 1. The lowest BCUT2D eigenvalue weighted by Crippen LogP contribution is -2.19. The maximum Gasteiger partial charge on any atom is 0.294 e. The van der Waals surface area contributed by atoms with Gasteiger partial charge in [-0.15, -0.1) is 5.10 Å². The molecule has 0 bridgehead atoms. The number of nitro groups is 1. The van der Waals surface area contributed by atoms with Gasteiger partial charge in [0, 0.05) is 11.6 Å². The lowest BCUT2D eigenvalue weighted by molar-refractivity contribution is -0.385. The number of rotatable bonds is 6. The number of fused-ring (bicyclic) bond motifs is 1. The summed E-state index contributed by atoms with van der Waals surface area (Å²) in [5.74, 6) is 0.183. The summed E-state index contributed by atoms with van der Waals surface area (Å²) in [4.78, 5) is 23.5. The Morgan fingerprint density at radius 1 is 1.21 bits per heavy atom. The van der Waals surface area contributed by atoms with Crippen LogP contribution in [0.15, 0.2) is 52.2 Å². The summed E-state index contributed by atoms with van der Waals surface area (Å²) in [7, 11) is 0. The number of nitrogens with zero attached hydrogens (tertiary/aromatic N) is 7. The molecule has 5 rings (SSSR count). The predicted molar refractivity (Wildman–Crippen MR) is 113 cm³/mol. The lowest BCUT2D eigenvalue weighted by atomic mass is 10.1. The molecule has 170 valence electrons. The molecular formula is C19H13N9O6. The molecule has 15 heteroatoms. The SMILES string of the molecule is Nc1nonc1-n1nnc(C(=O)N/N=C\c2ccccc2[N+](=O)[O-])c1-c1ccc2c(c1)OCO2. The molecule has 0 aliphatic carbocycles. The molecule has 0 fully saturated rings. The highest BCUT2D eigenvalue weighted by molar-refractivity contribution is 5.99. The van der Waals surface area contributed by atoms with Gasteiger partial charge in [-0.05, 0) is 34.6 Å². The molecule has 0 saturated heterocycles. The Morgan fingerprint density at radius 2 is 2.03 bits per heavy atom. The van der Waals surface area contributed by atoms with E-state index in [1.165, 1.54) is 22.9 Å². The first-order valence-corrected chi connectivity index (χ1v) is 9.54. The molecule has 34 heavy (non-hydrogen) atoms. The van der Waals surface area contributed by atoms with Gasteiger partial charge in [-0.3, -0.25) is 14.9 Å². The van der Waals surface area contributed by atoms with Gasteiger partial charge in [0.05, 0.1) is 16.7 Å². The standard InChI is InChI=1S/C19H13N9O6/c20-17-18(25-34-24-17)27-16(10-5-6-13-14(7-10)33-9-32-13)15(22-26-27)19(29)23-21-8-11-3-1-2-4-12(11)28(30)31/h1-8H,9H2,(H2,20,24)(H,23,29)/b21-8-. The normalized spacial score (nSPS) is 12.2. The zero-order valence-electron chi connectivity index (χ0n) is 17.0. The Hall–Kier alpha value is -5.34. The molecule has 1 aliphatic rings. The second-order valence-corrected chi connectivity index (χ2v) is 6.75. The van der Waals surface area contributed by atoms with E-state index in [4.69, 9.17) is 15.2 Å². The quantitative estimate of drug-likeness (QED) is 0.237. The predicted octanol–water partition coefficient (Wildman–Crippen LogP) is 1.30. The Morgan fingerprint density at radius 3 is 2.82 bits per heavy atom. The molecule has 0 unspecified atom stereocenters. The van der Waals surface area contributed by atoms with Crippen LogP contribution in [0.3, 0.4) is 0 Å². The van der Waals surface area contributed by atoms with E-state index >= 15 is 0 Å². The van der Waals surface area contributed by atoms with Crippen molar-refractivity contribution in [2.75, 3.05) is 12.5 Å². The number of aromatic nitrogens is 5. The van der Waals surface area contributed by atoms with Crippen molar-refractivity contribution < 1.29 is 23.8 Å². The van der Waals surface area contributed by atoms with E-state index in [1.807, 2.05) is 0 Å². The Labute approximate surface area is 188 Å². The highest BCUT2D eigenvalue weighted by Gasteiger charge is 2.27. The van der Waals surface area contributed by atoms with Crippen LogP contribution in [0.4, 0.5) is 11.5 Å². The number of ether oxygens (including phenoxy) is 2. The maximum absolute atomic E-state index is 12.9. The number of carbonyl (C=O) groups is 1. The summed E-state index contributed by atoms with van der Waals surface area (Å²) in [5, 5.41) is 30.1. The molecule has 15 nitrogen and oxygen atoms in total. The minimum absolute atomic E-state index is 0.0163. The van der Waals surface area contributed by atoms with E-state index in [0.29, 0.717) is 17.1 Å². The van der Waals surface area contributed by atoms with Crippen molar-refractivity contribution in [3.8, 4) is 28.6 Å². The van der Waals surface area contributed by atoms with Gasteiger partial charge in [0.25, 0.3) is 11.6 Å². The van der Waals surface area contributed by atoms with Gasteiger partial charge < -0.3 is 15.2 Å². The largest absolute Gasteiger partial charge is 0.454 e. The number of para-hydroxylation sites is 1. The molecule has 2 aromatic heterocycles. The Kier molecular flexibility index (Phi) is 5.02. The highest BCUT2D eigenvalue weighted by atomic mass is 16.7. The number of hydrogen-bond acceptors (Lipinski definition) is 12. The molecule has 3 heterocycles. The van der Waals surface area contributed by atoms with Gasteiger partial charge in [0.2, 0.25) is 18.4 Å². The number of benzene rings is 2. The molecular weight excluding hydrogens is 450 g/mol. The van der Waals surface area contributed by atoms with Crippen molar-refractivity contribution in [1.82, 2.24) is 30.7 Å². The molecule has 4 aromatic rings. The molecule has 1 amide bonds. The maximum atomic E-state index is 12.9. The van der Waals surface area contributed by atoms with Crippen LogP contribution in [0.1, 0.15) is 16.1 Å². The number of anilines is 1. The number of hydrazone groups is 1. The smallest absolute Gasteiger partial charge is 0.294 e. The van der Waals surface area contributed by atoms with E-state index in [-0.39, 0.29) is 41.1 Å². The van der Waals surface area contributed by atoms with Gasteiger partial charge in [0.15, 0.2) is 17.2 Å².